The third-order valence-corrected chi connectivity index (χ3v) is 12.8. The molecule has 0 heterocycles. The quantitative estimate of drug-likeness (QED) is 0.329. The molecule has 0 saturated heterocycles. The van der Waals surface area contributed by atoms with Gasteiger partial charge in [0.2, 0.25) is 0 Å². The molecule has 0 aliphatic heterocycles. The van der Waals surface area contributed by atoms with Crippen LogP contribution in [0.5, 0.6) is 0 Å². The molecule has 0 nitrogen and oxygen atoms in total. The maximum Gasteiger partial charge on any atom is 0.0827 e. The normalized spacial score (nSPS) is 18.6. The monoisotopic (exact) mass is 382 g/mol. The van der Waals surface area contributed by atoms with Crippen molar-refractivity contribution >= 4 is 31.3 Å². The van der Waals surface area contributed by atoms with Crippen LogP contribution in [0.2, 0.25) is 23.2 Å². The first kappa shape index (κ1) is 20.1. The zero-order valence-corrected chi connectivity index (χ0v) is 18.0. The van der Waals surface area contributed by atoms with E-state index >= 15 is 0 Å². The second-order valence-corrected chi connectivity index (χ2v) is 13.4. The Morgan fingerprint density at radius 3 is 2.08 bits per heavy atom. The zero-order chi connectivity index (χ0) is 17.6. The molecule has 24 heavy (non-hydrogen) atoms. The first-order valence-corrected chi connectivity index (χ1v) is 13.1. The Balaban J connectivity index is 2.40. The number of benzene rings is 1. The third-order valence-electron chi connectivity index (χ3n) is 6.14. The average Bonchev–Trinajstić information content (AvgIpc) is 2.63. The molecule has 134 valence electrons. The number of rotatable bonds is 7. The minimum absolute atomic E-state index is 0.00992. The van der Waals surface area contributed by atoms with Crippen molar-refractivity contribution in [3.63, 3.8) is 0 Å². The molecule has 0 N–H and O–H groups in total. The molecule has 0 aromatic heterocycles. The Hall–Kier alpha value is -0.243. The maximum atomic E-state index is 7.09. The largest absolute Gasteiger partial charge is 0.113 e. The molecule has 1 aromatic rings. The van der Waals surface area contributed by atoms with Crippen LogP contribution in [-0.4, -0.2) is 8.07 Å². The van der Waals surface area contributed by atoms with E-state index in [1.807, 2.05) is 12.1 Å². The van der Waals surface area contributed by atoms with Gasteiger partial charge in [-0.05, 0) is 36.5 Å². The second kappa shape index (κ2) is 9.45. The number of alkyl halides is 1. The summed E-state index contributed by atoms with van der Waals surface area (Å²) in [4.78, 5) is 0. The van der Waals surface area contributed by atoms with Gasteiger partial charge in [-0.3, -0.25) is 0 Å². The molecule has 1 atom stereocenters. The smallest absolute Gasteiger partial charge is 0.0827 e. The van der Waals surface area contributed by atoms with Crippen LogP contribution in [-0.2, 0) is 0 Å². The molecule has 0 radical (unpaired) electrons. The highest BCUT2D eigenvalue weighted by Crippen LogP contribution is 2.42. The lowest BCUT2D eigenvalue weighted by atomic mass is 9.88. The van der Waals surface area contributed by atoms with E-state index in [4.69, 9.17) is 23.2 Å². The van der Waals surface area contributed by atoms with Crippen LogP contribution in [0.4, 0.5) is 0 Å². The summed E-state index contributed by atoms with van der Waals surface area (Å²) in [6, 6.07) is 12.0. The van der Waals surface area contributed by atoms with Gasteiger partial charge in [-0.2, -0.15) is 0 Å². The summed E-state index contributed by atoms with van der Waals surface area (Å²) in [6.45, 7) is 7.12. The van der Waals surface area contributed by atoms with Crippen LogP contribution >= 0.6 is 23.2 Å². The van der Waals surface area contributed by atoms with Crippen LogP contribution in [0.1, 0.15) is 63.8 Å². The van der Waals surface area contributed by atoms with Crippen LogP contribution in [0.3, 0.4) is 0 Å². The summed E-state index contributed by atoms with van der Waals surface area (Å²) in [6.07, 6.45) is 9.46. The van der Waals surface area contributed by atoms with Gasteiger partial charge in [0.05, 0.1) is 13.5 Å². The van der Waals surface area contributed by atoms with Gasteiger partial charge < -0.3 is 0 Å². The number of hydrogen-bond acceptors (Lipinski definition) is 0. The highest BCUT2D eigenvalue weighted by molar-refractivity contribution is 6.87. The standard InChI is InChI=1S/C21H32Cl2Si/c1-4-24(5-2,6-3)20(16-17-10-8-7-9-11-17)21(23)18-12-14-19(22)15-13-18/h12-17,21H,4-11H2,1-3H3/b20-16-. The maximum absolute atomic E-state index is 7.09. The van der Waals surface area contributed by atoms with Crippen molar-refractivity contribution in [2.75, 3.05) is 0 Å². The van der Waals surface area contributed by atoms with Crippen LogP contribution in [0, 0.1) is 5.92 Å². The van der Waals surface area contributed by atoms with Crippen molar-refractivity contribution in [2.24, 2.45) is 5.92 Å². The van der Waals surface area contributed by atoms with Gasteiger partial charge >= 0.3 is 0 Å². The van der Waals surface area contributed by atoms with Crippen molar-refractivity contribution in [1.29, 1.82) is 0 Å². The molecule has 3 heteroatoms. The minimum atomic E-state index is -1.49. The van der Waals surface area contributed by atoms with E-state index in [2.05, 4.69) is 39.0 Å². The van der Waals surface area contributed by atoms with Gasteiger partial charge in [0.1, 0.15) is 0 Å². The van der Waals surface area contributed by atoms with Crippen LogP contribution in [0.25, 0.3) is 0 Å². The molecule has 1 aliphatic rings. The van der Waals surface area contributed by atoms with E-state index in [-0.39, 0.29) is 5.38 Å². The van der Waals surface area contributed by atoms with E-state index in [1.165, 1.54) is 55.8 Å². The molecule has 1 aliphatic carbocycles. The molecule has 0 spiro atoms. The number of hydrogen-bond donors (Lipinski definition) is 0. The van der Waals surface area contributed by atoms with E-state index in [0.29, 0.717) is 0 Å². The van der Waals surface area contributed by atoms with E-state index in [0.717, 1.165) is 10.9 Å². The Labute approximate surface area is 159 Å². The van der Waals surface area contributed by atoms with E-state index in [9.17, 15) is 0 Å². The van der Waals surface area contributed by atoms with Gasteiger partial charge in [-0.15, -0.1) is 11.6 Å². The highest BCUT2D eigenvalue weighted by Gasteiger charge is 2.36. The molecule has 1 aromatic carbocycles. The predicted octanol–water partition coefficient (Wildman–Crippen LogP) is 8.17. The molecule has 2 rings (SSSR count). The highest BCUT2D eigenvalue weighted by atomic mass is 35.5. The van der Waals surface area contributed by atoms with Crippen molar-refractivity contribution in [3.8, 4) is 0 Å². The molecular formula is C21H32Cl2Si. The molecule has 1 unspecified atom stereocenters. The fraction of sp³-hybridized carbons (Fsp3) is 0.619. The third kappa shape index (κ3) is 4.68. The lowest BCUT2D eigenvalue weighted by Crippen LogP contribution is -2.37. The summed E-state index contributed by atoms with van der Waals surface area (Å²) < 4.78 is 0. The second-order valence-electron chi connectivity index (χ2n) is 7.28. The summed E-state index contributed by atoms with van der Waals surface area (Å²) >= 11 is 13.2. The van der Waals surface area contributed by atoms with Crippen molar-refractivity contribution in [3.05, 3.63) is 46.1 Å². The Bertz CT molecular complexity index is 517. The van der Waals surface area contributed by atoms with E-state index < -0.39 is 8.07 Å². The number of allylic oxidation sites excluding steroid dienone is 2. The predicted molar refractivity (Wildman–Crippen MR) is 112 cm³/mol. The summed E-state index contributed by atoms with van der Waals surface area (Å²) in [5, 5.41) is 2.38. The first-order valence-electron chi connectivity index (χ1n) is 9.68. The van der Waals surface area contributed by atoms with Crippen LogP contribution < -0.4 is 0 Å². The van der Waals surface area contributed by atoms with Gasteiger partial charge in [-0.25, -0.2) is 0 Å². The van der Waals surface area contributed by atoms with E-state index in [1.54, 1.807) is 5.20 Å². The Kier molecular flexibility index (Phi) is 7.91. The fourth-order valence-corrected chi connectivity index (χ4v) is 9.32. The Morgan fingerprint density at radius 2 is 1.58 bits per heavy atom. The van der Waals surface area contributed by atoms with Gasteiger partial charge in [-0.1, -0.05) is 93.2 Å². The minimum Gasteiger partial charge on any atom is -0.113 e. The molecular weight excluding hydrogens is 351 g/mol. The molecule has 1 saturated carbocycles. The van der Waals surface area contributed by atoms with Crippen molar-refractivity contribution in [2.45, 2.75) is 76.4 Å². The average molecular weight is 383 g/mol. The van der Waals surface area contributed by atoms with Gasteiger partial charge in [0.25, 0.3) is 0 Å². The summed E-state index contributed by atoms with van der Waals surface area (Å²) in [5.41, 5.74) is 1.20. The Morgan fingerprint density at radius 1 is 1.04 bits per heavy atom. The summed E-state index contributed by atoms with van der Waals surface area (Å²) in [5.74, 6) is 0.735. The van der Waals surface area contributed by atoms with Gasteiger partial charge in [0.15, 0.2) is 0 Å². The van der Waals surface area contributed by atoms with Crippen molar-refractivity contribution < 1.29 is 0 Å². The molecule has 0 bridgehead atoms. The SMILES string of the molecule is CC[Si](CC)(CC)/C(=C\C1CCCCC1)C(Cl)c1ccc(Cl)cc1. The fourth-order valence-electron chi connectivity index (χ4n) is 4.26. The topological polar surface area (TPSA) is 0 Å². The first-order chi connectivity index (χ1) is 11.6. The van der Waals surface area contributed by atoms with Crippen LogP contribution in [0.15, 0.2) is 35.5 Å². The van der Waals surface area contributed by atoms with Crippen molar-refractivity contribution in [1.82, 2.24) is 0 Å². The zero-order valence-electron chi connectivity index (χ0n) is 15.5. The number of halogens is 2. The lowest BCUT2D eigenvalue weighted by Gasteiger charge is -2.36. The van der Waals surface area contributed by atoms with Gasteiger partial charge in [0, 0.05) is 5.02 Å². The molecule has 1 fully saturated rings. The lowest BCUT2D eigenvalue weighted by molar-refractivity contribution is 0.418. The molecule has 0 amide bonds. The summed E-state index contributed by atoms with van der Waals surface area (Å²) in [7, 11) is -1.49.